The Labute approximate surface area is 54.2 Å². The number of rotatable bonds is 4. The number of hydrogen-bond acceptors (Lipinski definition) is 3. The van der Waals surface area contributed by atoms with Crippen LogP contribution in [0.3, 0.4) is 0 Å². The minimum absolute atomic E-state index is 0.140. The predicted octanol–water partition coefficient (Wildman–Crippen LogP) is 1.16. The lowest BCUT2D eigenvalue weighted by molar-refractivity contribution is -0.185. The average Bonchev–Trinajstić information content (AvgIpc) is 1.64. The molecule has 56 valence electrons. The maximum absolute atomic E-state index is 10.6. The second-order valence-corrected chi connectivity index (χ2v) is 3.47. The van der Waals surface area contributed by atoms with Crippen LogP contribution >= 0.6 is 7.60 Å². The molecule has 0 aromatic heterocycles. The second kappa shape index (κ2) is 4.01. The van der Waals surface area contributed by atoms with Gasteiger partial charge < -0.3 is 4.89 Å². The Morgan fingerprint density at radius 1 is 1.67 bits per heavy atom. The molecule has 0 aliphatic carbocycles. The Hall–Kier alpha value is 0.110. The fraction of sp³-hybridized carbons (Fsp3) is 1.00. The molecule has 4 nitrogen and oxygen atoms in total. The van der Waals surface area contributed by atoms with E-state index in [4.69, 9.17) is 4.89 Å². The van der Waals surface area contributed by atoms with E-state index in [0.717, 1.165) is 0 Å². The molecule has 0 rings (SSSR count). The van der Waals surface area contributed by atoms with E-state index < -0.39 is 7.60 Å². The van der Waals surface area contributed by atoms with Crippen LogP contribution < -0.4 is 0 Å². The van der Waals surface area contributed by atoms with Gasteiger partial charge in [0.1, 0.15) is 0 Å². The van der Waals surface area contributed by atoms with E-state index in [1.807, 2.05) is 0 Å². The molecule has 0 heterocycles. The molecule has 0 aliphatic rings. The fourth-order valence-corrected chi connectivity index (χ4v) is 1.31. The summed E-state index contributed by atoms with van der Waals surface area (Å²) in [7, 11) is -2.21. The zero-order valence-electron chi connectivity index (χ0n) is 5.53. The maximum atomic E-state index is 10.6. The van der Waals surface area contributed by atoms with E-state index in [-0.39, 0.29) is 6.16 Å². The molecule has 0 aromatic rings. The summed E-state index contributed by atoms with van der Waals surface area (Å²) < 4.78 is 14.7. The van der Waals surface area contributed by atoms with E-state index in [2.05, 4.69) is 9.56 Å². The van der Waals surface area contributed by atoms with Crippen LogP contribution in [0.1, 0.15) is 13.3 Å². The van der Waals surface area contributed by atoms with Gasteiger partial charge in [-0.15, -0.1) is 4.67 Å². The Morgan fingerprint density at radius 2 is 2.22 bits per heavy atom. The first kappa shape index (κ1) is 9.11. The molecule has 0 spiro atoms. The normalized spacial score (nSPS) is 17.2. The molecule has 9 heavy (non-hydrogen) atoms. The molecule has 0 bridgehead atoms. The van der Waals surface area contributed by atoms with Crippen molar-refractivity contribution in [2.45, 2.75) is 13.3 Å². The van der Waals surface area contributed by atoms with Gasteiger partial charge in [-0.25, -0.2) is 4.89 Å². The topological polar surface area (TPSA) is 55.8 Å². The van der Waals surface area contributed by atoms with Crippen LogP contribution in [-0.4, -0.2) is 18.2 Å². The monoisotopic (exact) mass is 154 g/mol. The van der Waals surface area contributed by atoms with Crippen LogP contribution in [0.5, 0.6) is 0 Å². The standard InChI is InChI=1S/C4H11O4P/c1-3-4-9(5,6)8-7-2/h3-4H2,1-2H3,(H,5,6). The Morgan fingerprint density at radius 3 is 2.56 bits per heavy atom. The third kappa shape index (κ3) is 4.60. The minimum Gasteiger partial charge on any atom is -0.323 e. The van der Waals surface area contributed by atoms with Crippen molar-refractivity contribution in [3.8, 4) is 0 Å². The van der Waals surface area contributed by atoms with Crippen LogP contribution in [0.2, 0.25) is 0 Å². The predicted molar refractivity (Wildman–Crippen MR) is 33.1 cm³/mol. The lowest BCUT2D eigenvalue weighted by Gasteiger charge is -2.05. The summed E-state index contributed by atoms with van der Waals surface area (Å²) >= 11 is 0. The lowest BCUT2D eigenvalue weighted by atomic mass is 10.6. The number of hydrogen-bond donors (Lipinski definition) is 1. The largest absolute Gasteiger partial charge is 0.355 e. The quantitative estimate of drug-likeness (QED) is 0.375. The molecule has 0 amide bonds. The molecule has 0 radical (unpaired) electrons. The molecule has 1 atom stereocenters. The van der Waals surface area contributed by atoms with E-state index in [0.29, 0.717) is 6.42 Å². The van der Waals surface area contributed by atoms with Crippen molar-refractivity contribution in [2.24, 2.45) is 0 Å². The highest BCUT2D eigenvalue weighted by Gasteiger charge is 2.17. The summed E-state index contributed by atoms with van der Waals surface area (Å²) in [6.07, 6.45) is 0.748. The highest BCUT2D eigenvalue weighted by Crippen LogP contribution is 2.41. The molecule has 0 aromatic carbocycles. The molecule has 5 heteroatoms. The van der Waals surface area contributed by atoms with E-state index >= 15 is 0 Å². The van der Waals surface area contributed by atoms with E-state index in [1.165, 1.54) is 7.11 Å². The van der Waals surface area contributed by atoms with Crippen molar-refractivity contribution in [1.29, 1.82) is 0 Å². The van der Waals surface area contributed by atoms with E-state index in [9.17, 15) is 4.57 Å². The van der Waals surface area contributed by atoms with Crippen LogP contribution in [0.25, 0.3) is 0 Å². The third-order valence-corrected chi connectivity index (χ3v) is 2.09. The molecule has 0 aliphatic heterocycles. The van der Waals surface area contributed by atoms with Crippen LogP contribution in [0.4, 0.5) is 0 Å². The summed E-state index contributed by atoms with van der Waals surface area (Å²) in [5, 5.41) is 0. The van der Waals surface area contributed by atoms with Gasteiger partial charge in [0.2, 0.25) is 0 Å². The van der Waals surface area contributed by atoms with Crippen molar-refractivity contribution >= 4 is 7.60 Å². The molecular formula is C4H11O4P. The second-order valence-electron chi connectivity index (χ2n) is 1.60. The third-order valence-electron chi connectivity index (χ3n) is 0.697. The summed E-state index contributed by atoms with van der Waals surface area (Å²) in [4.78, 5) is 12.8. The first-order valence-electron chi connectivity index (χ1n) is 2.66. The molecule has 0 saturated carbocycles. The van der Waals surface area contributed by atoms with Crippen LogP contribution in [-0.2, 0) is 14.1 Å². The first-order chi connectivity index (χ1) is 4.12. The minimum atomic E-state index is -3.41. The van der Waals surface area contributed by atoms with Crippen molar-refractivity contribution in [3.05, 3.63) is 0 Å². The Kier molecular flexibility index (Phi) is 4.06. The summed E-state index contributed by atoms with van der Waals surface area (Å²) in [6, 6.07) is 0. The van der Waals surface area contributed by atoms with Gasteiger partial charge in [0, 0.05) is 0 Å². The molecule has 1 unspecified atom stereocenters. The summed E-state index contributed by atoms with van der Waals surface area (Å²) in [6.45, 7) is 1.79. The van der Waals surface area contributed by atoms with Gasteiger partial charge in [-0.2, -0.15) is 0 Å². The molecular weight excluding hydrogens is 143 g/mol. The van der Waals surface area contributed by atoms with Crippen molar-refractivity contribution in [2.75, 3.05) is 13.3 Å². The smallest absolute Gasteiger partial charge is 0.323 e. The lowest BCUT2D eigenvalue weighted by Crippen LogP contribution is -1.91. The van der Waals surface area contributed by atoms with Gasteiger partial charge in [-0.1, -0.05) is 6.92 Å². The Bertz CT molecular complexity index is 103. The SMILES string of the molecule is CCCP(=O)(O)OOC. The van der Waals surface area contributed by atoms with Crippen molar-refractivity contribution < 1.29 is 19.0 Å². The van der Waals surface area contributed by atoms with Gasteiger partial charge in [-0.05, 0) is 6.42 Å². The van der Waals surface area contributed by atoms with Crippen molar-refractivity contribution in [3.63, 3.8) is 0 Å². The van der Waals surface area contributed by atoms with Crippen LogP contribution in [0, 0.1) is 0 Å². The summed E-state index contributed by atoms with van der Waals surface area (Å²) in [5.74, 6) is 0. The molecule has 0 saturated heterocycles. The average molecular weight is 154 g/mol. The van der Waals surface area contributed by atoms with Gasteiger partial charge in [-0.3, -0.25) is 4.57 Å². The van der Waals surface area contributed by atoms with Crippen molar-refractivity contribution in [1.82, 2.24) is 0 Å². The van der Waals surface area contributed by atoms with E-state index in [1.54, 1.807) is 6.92 Å². The highest BCUT2D eigenvalue weighted by atomic mass is 31.2. The fourth-order valence-electron chi connectivity index (χ4n) is 0.436. The van der Waals surface area contributed by atoms with Gasteiger partial charge in [0.15, 0.2) is 0 Å². The molecule has 0 fully saturated rings. The van der Waals surface area contributed by atoms with Gasteiger partial charge in [0.05, 0.1) is 13.3 Å². The summed E-state index contributed by atoms with van der Waals surface area (Å²) in [5.41, 5.74) is 0. The highest BCUT2D eigenvalue weighted by molar-refractivity contribution is 7.52. The van der Waals surface area contributed by atoms with Crippen LogP contribution in [0.15, 0.2) is 0 Å². The zero-order valence-corrected chi connectivity index (χ0v) is 6.43. The first-order valence-corrected chi connectivity index (χ1v) is 4.43. The Balaban J connectivity index is 3.58. The van der Waals surface area contributed by atoms with Gasteiger partial charge >= 0.3 is 7.60 Å². The zero-order chi connectivity index (χ0) is 7.33. The molecule has 1 N–H and O–H groups in total. The van der Waals surface area contributed by atoms with Gasteiger partial charge in [0.25, 0.3) is 0 Å². The maximum Gasteiger partial charge on any atom is 0.355 e.